The van der Waals surface area contributed by atoms with Crippen molar-refractivity contribution in [2.45, 2.75) is 20.0 Å². The lowest BCUT2D eigenvalue weighted by Gasteiger charge is -2.14. The van der Waals surface area contributed by atoms with Gasteiger partial charge >= 0.3 is 5.97 Å². The molecule has 0 saturated heterocycles. The minimum absolute atomic E-state index is 0.187. The van der Waals surface area contributed by atoms with Crippen molar-refractivity contribution in [2.75, 3.05) is 30.9 Å². The van der Waals surface area contributed by atoms with Crippen LogP contribution in [0.1, 0.15) is 19.4 Å². The predicted molar refractivity (Wildman–Crippen MR) is 116 cm³/mol. The summed E-state index contributed by atoms with van der Waals surface area (Å²) in [6.45, 7) is 3.88. The summed E-state index contributed by atoms with van der Waals surface area (Å²) in [6.07, 6.45) is 0.357. The molecule has 0 heterocycles. The average Bonchev–Trinajstić information content (AvgIpc) is 2.73. The number of amides is 1. The molecule has 7 heteroatoms. The first-order valence-corrected chi connectivity index (χ1v) is 9.48. The van der Waals surface area contributed by atoms with Crippen LogP contribution in [0.3, 0.4) is 0 Å². The molecule has 0 aliphatic heterocycles. The van der Waals surface area contributed by atoms with E-state index in [4.69, 9.17) is 9.47 Å². The van der Waals surface area contributed by atoms with E-state index in [0.29, 0.717) is 23.6 Å². The molecule has 1 N–H and O–H groups in total. The number of benzene rings is 2. The van der Waals surface area contributed by atoms with Crippen molar-refractivity contribution in [3.05, 3.63) is 59.7 Å². The molecule has 0 saturated carbocycles. The lowest BCUT2D eigenvalue weighted by atomic mass is 10.1. The molecule has 0 aliphatic rings. The summed E-state index contributed by atoms with van der Waals surface area (Å²) in [7, 11) is 3.84. The predicted octanol–water partition coefficient (Wildman–Crippen LogP) is 3.63. The van der Waals surface area contributed by atoms with Crippen molar-refractivity contribution < 1.29 is 19.1 Å². The summed E-state index contributed by atoms with van der Waals surface area (Å²) in [5, 5.41) is 12.0. The van der Waals surface area contributed by atoms with Gasteiger partial charge in [0.15, 0.2) is 6.10 Å². The van der Waals surface area contributed by atoms with Crippen LogP contribution in [-0.2, 0) is 14.3 Å². The first-order valence-electron chi connectivity index (χ1n) is 9.48. The number of hydrogen-bond acceptors (Lipinski definition) is 6. The number of nitrogens with zero attached hydrogens (tertiary/aromatic N) is 2. The van der Waals surface area contributed by atoms with Gasteiger partial charge in [0.25, 0.3) is 5.91 Å². The van der Waals surface area contributed by atoms with E-state index in [2.05, 4.69) is 5.32 Å². The maximum absolute atomic E-state index is 12.3. The van der Waals surface area contributed by atoms with Gasteiger partial charge in [0.2, 0.25) is 0 Å². The average molecular weight is 407 g/mol. The second kappa shape index (κ2) is 10.7. The molecule has 0 fully saturated rings. The van der Waals surface area contributed by atoms with Gasteiger partial charge in [0.1, 0.15) is 17.4 Å². The number of carbonyl (C=O) groups excluding carboxylic acids is 2. The van der Waals surface area contributed by atoms with E-state index >= 15 is 0 Å². The van der Waals surface area contributed by atoms with Gasteiger partial charge < -0.3 is 19.7 Å². The smallest absolute Gasteiger partial charge is 0.349 e. The number of esters is 1. The van der Waals surface area contributed by atoms with E-state index in [-0.39, 0.29) is 5.57 Å². The highest BCUT2D eigenvalue weighted by molar-refractivity contribution is 6.01. The van der Waals surface area contributed by atoms with Crippen molar-refractivity contribution in [3.63, 3.8) is 0 Å². The van der Waals surface area contributed by atoms with Crippen LogP contribution in [0.15, 0.2) is 54.1 Å². The Bertz CT molecular complexity index is 942. The van der Waals surface area contributed by atoms with Crippen molar-refractivity contribution in [3.8, 4) is 11.8 Å². The topological polar surface area (TPSA) is 91.7 Å². The first-order chi connectivity index (χ1) is 14.3. The van der Waals surface area contributed by atoms with Gasteiger partial charge in [-0.3, -0.25) is 4.79 Å². The number of nitrogens with one attached hydrogen (secondary N) is 1. The molecular formula is C23H25N3O4. The Morgan fingerprint density at radius 2 is 1.77 bits per heavy atom. The molecule has 0 aromatic heterocycles. The van der Waals surface area contributed by atoms with Crippen LogP contribution in [0.2, 0.25) is 0 Å². The Hall–Kier alpha value is -3.79. The second-order valence-corrected chi connectivity index (χ2v) is 6.65. The lowest BCUT2D eigenvalue weighted by molar-refractivity contribution is -0.148. The van der Waals surface area contributed by atoms with Crippen molar-refractivity contribution in [1.82, 2.24) is 0 Å². The molecule has 1 amide bonds. The number of carbonyl (C=O) groups is 2. The second-order valence-electron chi connectivity index (χ2n) is 6.65. The third-order valence-electron chi connectivity index (χ3n) is 4.15. The molecule has 0 aliphatic carbocycles. The minimum atomic E-state index is -1.07. The molecule has 1 atom stereocenters. The highest BCUT2D eigenvalue weighted by Crippen LogP contribution is 2.17. The highest BCUT2D eigenvalue weighted by Gasteiger charge is 2.20. The summed E-state index contributed by atoms with van der Waals surface area (Å²) in [6, 6.07) is 16.0. The zero-order chi connectivity index (χ0) is 22.1. The number of ether oxygens (including phenoxy) is 2. The van der Waals surface area contributed by atoms with Crippen LogP contribution in [0.4, 0.5) is 11.4 Å². The van der Waals surface area contributed by atoms with Crippen molar-refractivity contribution in [1.29, 1.82) is 5.26 Å². The van der Waals surface area contributed by atoms with E-state index in [0.717, 1.165) is 5.69 Å². The van der Waals surface area contributed by atoms with Gasteiger partial charge in [0.05, 0.1) is 6.61 Å². The molecular weight excluding hydrogens is 382 g/mol. The van der Waals surface area contributed by atoms with Crippen LogP contribution < -0.4 is 15.0 Å². The van der Waals surface area contributed by atoms with Crippen LogP contribution in [0.5, 0.6) is 5.75 Å². The fraction of sp³-hybridized carbons (Fsp3) is 0.261. The molecule has 0 unspecified atom stereocenters. The van der Waals surface area contributed by atoms with E-state index in [1.54, 1.807) is 36.4 Å². The number of anilines is 2. The zero-order valence-corrected chi connectivity index (χ0v) is 17.5. The van der Waals surface area contributed by atoms with Crippen LogP contribution >= 0.6 is 0 Å². The fourth-order valence-electron chi connectivity index (χ4n) is 2.49. The van der Waals surface area contributed by atoms with Gasteiger partial charge in [-0.25, -0.2) is 4.79 Å². The van der Waals surface area contributed by atoms with Gasteiger partial charge in [-0.2, -0.15) is 5.26 Å². The van der Waals surface area contributed by atoms with Gasteiger partial charge in [-0.15, -0.1) is 0 Å². The molecule has 156 valence electrons. The van der Waals surface area contributed by atoms with E-state index in [1.165, 1.54) is 13.0 Å². The minimum Gasteiger partial charge on any atom is -0.494 e. The molecule has 7 nitrogen and oxygen atoms in total. The Balaban J connectivity index is 1.99. The fourth-order valence-corrected chi connectivity index (χ4v) is 2.49. The third kappa shape index (κ3) is 6.38. The monoisotopic (exact) mass is 407 g/mol. The summed E-state index contributed by atoms with van der Waals surface area (Å²) in [5.74, 6) is -0.666. The van der Waals surface area contributed by atoms with E-state index in [9.17, 15) is 14.9 Å². The Morgan fingerprint density at radius 3 is 2.30 bits per heavy atom. The number of rotatable bonds is 8. The zero-order valence-electron chi connectivity index (χ0n) is 17.5. The summed E-state index contributed by atoms with van der Waals surface area (Å²) >= 11 is 0. The maximum atomic E-state index is 12.3. The summed E-state index contributed by atoms with van der Waals surface area (Å²) in [5.41, 5.74) is 2.03. The van der Waals surface area contributed by atoms with E-state index in [1.807, 2.05) is 44.1 Å². The highest BCUT2D eigenvalue weighted by atomic mass is 16.5. The molecule has 2 rings (SSSR count). The first kappa shape index (κ1) is 22.5. The quantitative estimate of drug-likeness (QED) is 0.408. The number of nitriles is 1. The van der Waals surface area contributed by atoms with Crippen LogP contribution in [0, 0.1) is 11.3 Å². The van der Waals surface area contributed by atoms with E-state index < -0.39 is 18.0 Å². The molecule has 2 aromatic rings. The maximum Gasteiger partial charge on any atom is 0.349 e. The summed E-state index contributed by atoms with van der Waals surface area (Å²) < 4.78 is 10.5. The SMILES string of the molecule is CCOc1ccc(NC(=O)[C@H](C)OC(=O)/C(C#N)=C/c2ccc(N(C)C)cc2)cc1. The lowest BCUT2D eigenvalue weighted by Crippen LogP contribution is -2.30. The van der Waals surface area contributed by atoms with Gasteiger partial charge in [-0.05, 0) is 61.9 Å². The van der Waals surface area contributed by atoms with Crippen molar-refractivity contribution in [2.24, 2.45) is 0 Å². The Morgan fingerprint density at radius 1 is 1.13 bits per heavy atom. The Kier molecular flexibility index (Phi) is 8.00. The number of hydrogen-bond donors (Lipinski definition) is 1. The third-order valence-corrected chi connectivity index (χ3v) is 4.15. The van der Waals surface area contributed by atoms with Crippen LogP contribution in [-0.4, -0.2) is 38.7 Å². The Labute approximate surface area is 176 Å². The normalized spacial score (nSPS) is 11.8. The molecule has 2 aromatic carbocycles. The van der Waals surface area contributed by atoms with Crippen molar-refractivity contribution >= 4 is 29.3 Å². The molecule has 0 spiro atoms. The molecule has 0 bridgehead atoms. The van der Waals surface area contributed by atoms with Gasteiger partial charge in [0, 0.05) is 25.5 Å². The van der Waals surface area contributed by atoms with Crippen LogP contribution in [0.25, 0.3) is 6.08 Å². The molecule has 30 heavy (non-hydrogen) atoms. The summed E-state index contributed by atoms with van der Waals surface area (Å²) in [4.78, 5) is 26.6. The van der Waals surface area contributed by atoms with Gasteiger partial charge in [-0.1, -0.05) is 12.1 Å². The standard InChI is InChI=1S/C23H25N3O4/c1-5-29-21-12-8-19(9-13-21)25-22(27)16(2)30-23(28)18(15-24)14-17-6-10-20(11-7-17)26(3)4/h6-14,16H,5H2,1-4H3,(H,25,27)/b18-14+/t16-/m0/s1. The molecule has 0 radical (unpaired) electrons. The largest absolute Gasteiger partial charge is 0.494 e.